The Morgan fingerprint density at radius 2 is 2.05 bits per heavy atom. The molecule has 8 heteroatoms. The lowest BCUT2D eigenvalue weighted by Crippen LogP contribution is -2.24. The van der Waals surface area contributed by atoms with Crippen molar-refractivity contribution < 1.29 is 17.9 Å². The lowest BCUT2D eigenvalue weighted by molar-refractivity contribution is 0.0600. The van der Waals surface area contributed by atoms with Gasteiger partial charge in [0.25, 0.3) is 10.0 Å². The monoisotopic (exact) mass is 315 g/mol. The van der Waals surface area contributed by atoms with Gasteiger partial charge in [0, 0.05) is 20.6 Å². The maximum atomic E-state index is 12.2. The predicted molar refractivity (Wildman–Crippen MR) is 79.8 cm³/mol. The summed E-state index contributed by atoms with van der Waals surface area (Å²) >= 11 is 0. The van der Waals surface area contributed by atoms with Crippen LogP contribution in [0.15, 0.2) is 17.2 Å². The fraction of sp³-hybridized carbons (Fsp3) is 0.538. The fourth-order valence-corrected chi connectivity index (χ4v) is 2.41. The molecule has 0 radical (unpaired) electrons. The van der Waals surface area contributed by atoms with E-state index in [0.29, 0.717) is 12.4 Å². The van der Waals surface area contributed by atoms with E-state index in [1.165, 1.54) is 33.3 Å². The van der Waals surface area contributed by atoms with Gasteiger partial charge in [-0.15, -0.1) is 0 Å². The number of aromatic nitrogens is 1. The van der Waals surface area contributed by atoms with E-state index in [4.69, 9.17) is 0 Å². The minimum absolute atomic E-state index is 0.145. The maximum Gasteiger partial charge on any atom is 0.338 e. The standard InChI is InChI=1S/C13H21N3O4S/c1-5-6-7-14-11-8-10(13(17)20-4)9-12(15-11)21(18,19)16(2)3/h8-9H,5-7H2,1-4H3,(H,14,15). The molecule has 1 aromatic rings. The number of nitrogens with zero attached hydrogens (tertiary/aromatic N) is 2. The molecule has 0 saturated carbocycles. The molecule has 0 amide bonds. The van der Waals surface area contributed by atoms with Crippen LogP contribution in [0.4, 0.5) is 5.82 Å². The highest BCUT2D eigenvalue weighted by molar-refractivity contribution is 7.89. The summed E-state index contributed by atoms with van der Waals surface area (Å²) in [6.45, 7) is 2.69. The van der Waals surface area contributed by atoms with Crippen molar-refractivity contribution in [1.82, 2.24) is 9.29 Å². The minimum atomic E-state index is -3.72. The second-order valence-corrected chi connectivity index (χ2v) is 6.74. The molecule has 21 heavy (non-hydrogen) atoms. The molecular formula is C13H21N3O4S. The predicted octanol–water partition coefficient (Wildman–Crippen LogP) is 1.33. The molecule has 0 fully saturated rings. The quantitative estimate of drug-likeness (QED) is 0.603. The van der Waals surface area contributed by atoms with Gasteiger partial charge >= 0.3 is 5.97 Å². The van der Waals surface area contributed by atoms with E-state index < -0.39 is 16.0 Å². The summed E-state index contributed by atoms with van der Waals surface area (Å²) in [6, 6.07) is 2.70. The molecule has 7 nitrogen and oxygen atoms in total. The Morgan fingerprint density at radius 1 is 1.38 bits per heavy atom. The number of methoxy groups -OCH3 is 1. The SMILES string of the molecule is CCCCNc1cc(C(=O)OC)cc(S(=O)(=O)N(C)C)n1. The van der Waals surface area contributed by atoms with Gasteiger partial charge in [0.15, 0.2) is 5.03 Å². The summed E-state index contributed by atoms with van der Waals surface area (Å²) in [4.78, 5) is 15.7. The Morgan fingerprint density at radius 3 is 2.57 bits per heavy atom. The Bertz CT molecular complexity index is 599. The van der Waals surface area contributed by atoms with Crippen LogP contribution in [0, 0.1) is 0 Å². The van der Waals surface area contributed by atoms with E-state index >= 15 is 0 Å². The Labute approximate surface area is 125 Å². The highest BCUT2D eigenvalue weighted by atomic mass is 32.2. The van der Waals surface area contributed by atoms with Gasteiger partial charge in [0.1, 0.15) is 5.82 Å². The zero-order chi connectivity index (χ0) is 16.0. The average molecular weight is 315 g/mol. The highest BCUT2D eigenvalue weighted by Gasteiger charge is 2.22. The number of hydrogen-bond donors (Lipinski definition) is 1. The number of sulfonamides is 1. The number of anilines is 1. The molecule has 1 heterocycles. The van der Waals surface area contributed by atoms with E-state index in [0.717, 1.165) is 17.1 Å². The average Bonchev–Trinajstić information content (AvgIpc) is 2.46. The van der Waals surface area contributed by atoms with Gasteiger partial charge in [-0.3, -0.25) is 0 Å². The number of carbonyl (C=O) groups is 1. The smallest absolute Gasteiger partial charge is 0.338 e. The molecule has 1 rings (SSSR count). The van der Waals surface area contributed by atoms with Crippen molar-refractivity contribution in [3.8, 4) is 0 Å². The number of ether oxygens (including phenoxy) is 1. The number of hydrogen-bond acceptors (Lipinski definition) is 6. The molecule has 1 aromatic heterocycles. The summed E-state index contributed by atoms with van der Waals surface area (Å²) in [5, 5.41) is 2.83. The molecule has 0 aromatic carbocycles. The minimum Gasteiger partial charge on any atom is -0.465 e. The molecule has 0 bridgehead atoms. The van der Waals surface area contributed by atoms with Gasteiger partial charge in [0.2, 0.25) is 0 Å². The van der Waals surface area contributed by atoms with Crippen LogP contribution in [0.1, 0.15) is 30.1 Å². The second kappa shape index (κ2) is 7.37. The Balaban J connectivity index is 3.24. The number of nitrogens with one attached hydrogen (secondary N) is 1. The first-order valence-corrected chi connectivity index (χ1v) is 8.03. The van der Waals surface area contributed by atoms with Crippen LogP contribution in [0.5, 0.6) is 0 Å². The number of esters is 1. The molecular weight excluding hydrogens is 294 g/mol. The zero-order valence-electron chi connectivity index (χ0n) is 12.7. The lowest BCUT2D eigenvalue weighted by Gasteiger charge is -2.13. The molecule has 1 N–H and O–H groups in total. The lowest BCUT2D eigenvalue weighted by atomic mass is 10.2. The van der Waals surface area contributed by atoms with Crippen LogP contribution in [0.3, 0.4) is 0 Å². The van der Waals surface area contributed by atoms with E-state index in [1.54, 1.807) is 0 Å². The first kappa shape index (κ1) is 17.4. The Hall–Kier alpha value is -1.67. The van der Waals surface area contributed by atoms with Crippen LogP contribution >= 0.6 is 0 Å². The van der Waals surface area contributed by atoms with Crippen molar-refractivity contribution in [1.29, 1.82) is 0 Å². The summed E-state index contributed by atoms with van der Waals surface area (Å²) in [6.07, 6.45) is 1.91. The molecule has 0 aliphatic rings. The number of carbonyl (C=O) groups excluding carboxylic acids is 1. The largest absolute Gasteiger partial charge is 0.465 e. The highest BCUT2D eigenvalue weighted by Crippen LogP contribution is 2.18. The molecule has 0 spiro atoms. The van der Waals surface area contributed by atoms with Crippen LogP contribution in [-0.4, -0.2) is 51.4 Å². The van der Waals surface area contributed by atoms with E-state index in [1.807, 2.05) is 6.92 Å². The van der Waals surface area contributed by atoms with E-state index in [9.17, 15) is 13.2 Å². The Kier molecular flexibility index (Phi) is 6.10. The summed E-state index contributed by atoms with van der Waals surface area (Å²) in [5.41, 5.74) is 0.145. The van der Waals surface area contributed by atoms with Crippen molar-refractivity contribution in [3.05, 3.63) is 17.7 Å². The topological polar surface area (TPSA) is 88.6 Å². The summed E-state index contributed by atoms with van der Waals surface area (Å²) in [7, 11) is 0.341. The third-order valence-electron chi connectivity index (χ3n) is 2.80. The van der Waals surface area contributed by atoms with Gasteiger partial charge in [-0.25, -0.2) is 22.5 Å². The van der Waals surface area contributed by atoms with Crippen molar-refractivity contribution in [2.75, 3.05) is 33.1 Å². The van der Waals surface area contributed by atoms with Crippen molar-refractivity contribution in [3.63, 3.8) is 0 Å². The van der Waals surface area contributed by atoms with Crippen molar-refractivity contribution in [2.24, 2.45) is 0 Å². The summed E-state index contributed by atoms with van der Waals surface area (Å²) in [5.74, 6) is -0.266. The number of unbranched alkanes of at least 4 members (excludes halogenated alkanes) is 1. The fourth-order valence-electron chi connectivity index (χ4n) is 1.54. The summed E-state index contributed by atoms with van der Waals surface area (Å²) < 4.78 is 30.0. The van der Waals surface area contributed by atoms with Gasteiger partial charge in [0.05, 0.1) is 12.7 Å². The van der Waals surface area contributed by atoms with Gasteiger partial charge in [-0.1, -0.05) is 13.3 Å². The molecule has 0 atom stereocenters. The third kappa shape index (κ3) is 4.40. The van der Waals surface area contributed by atoms with Gasteiger partial charge in [-0.05, 0) is 18.6 Å². The zero-order valence-corrected chi connectivity index (χ0v) is 13.5. The molecule has 0 aliphatic carbocycles. The first-order chi connectivity index (χ1) is 9.82. The number of pyridine rings is 1. The molecule has 0 unspecified atom stereocenters. The van der Waals surface area contributed by atoms with E-state index in [-0.39, 0.29) is 10.6 Å². The van der Waals surface area contributed by atoms with Crippen LogP contribution < -0.4 is 5.32 Å². The second-order valence-electron chi connectivity index (χ2n) is 4.64. The molecule has 118 valence electrons. The maximum absolute atomic E-state index is 12.2. The third-order valence-corrected chi connectivity index (χ3v) is 4.50. The van der Waals surface area contributed by atoms with E-state index in [2.05, 4.69) is 15.0 Å². The number of rotatable bonds is 7. The normalized spacial score (nSPS) is 11.5. The molecule has 0 aliphatic heterocycles. The van der Waals surface area contributed by atoms with Crippen LogP contribution in [0.2, 0.25) is 0 Å². The van der Waals surface area contributed by atoms with Crippen LogP contribution in [0.25, 0.3) is 0 Å². The molecule has 0 saturated heterocycles. The van der Waals surface area contributed by atoms with Crippen molar-refractivity contribution >= 4 is 21.8 Å². The first-order valence-electron chi connectivity index (χ1n) is 6.59. The van der Waals surface area contributed by atoms with Crippen LogP contribution in [-0.2, 0) is 14.8 Å². The van der Waals surface area contributed by atoms with Gasteiger partial charge in [-0.2, -0.15) is 0 Å². The van der Waals surface area contributed by atoms with Crippen molar-refractivity contribution in [2.45, 2.75) is 24.8 Å². The van der Waals surface area contributed by atoms with Gasteiger partial charge < -0.3 is 10.1 Å².